The molecule has 0 aliphatic heterocycles. The van der Waals surface area contributed by atoms with E-state index in [0.717, 1.165) is 8.27 Å². The summed E-state index contributed by atoms with van der Waals surface area (Å²) in [5.74, 6) is -0.646. The summed E-state index contributed by atoms with van der Waals surface area (Å²) < 4.78 is 15.1. The molecule has 1 amide bonds. The highest BCUT2D eigenvalue weighted by molar-refractivity contribution is 14.1. The molecule has 0 saturated carbocycles. The second-order valence-electron chi connectivity index (χ2n) is 4.45. The Balaban J connectivity index is 1.94. The molecule has 0 bridgehead atoms. The predicted octanol–water partition coefficient (Wildman–Crippen LogP) is 4.48. The van der Waals surface area contributed by atoms with Gasteiger partial charge in [0.15, 0.2) is 0 Å². The Bertz CT molecular complexity index is 830. The Morgan fingerprint density at radius 1 is 1.19 bits per heavy atom. The lowest BCUT2D eigenvalue weighted by molar-refractivity contribution is 0.103. The normalized spacial score (nSPS) is 10.8. The quantitative estimate of drug-likeness (QED) is 0.610. The number of nitrogens with two attached hydrogens (primary N) is 1. The fraction of sp³-hybridized carbons (Fsp3) is 0. The first-order chi connectivity index (χ1) is 10.0. The van der Waals surface area contributed by atoms with Crippen molar-refractivity contribution in [3.05, 3.63) is 56.7 Å². The number of nitrogen functional groups attached to an aromatic ring is 1. The fourth-order valence-corrected chi connectivity index (χ4v) is 3.34. The summed E-state index contributed by atoms with van der Waals surface area (Å²) >= 11 is 3.45. The number of fused-ring (bicyclic) bond motifs is 1. The largest absolute Gasteiger partial charge is 0.397 e. The SMILES string of the molecule is Nc1c(C(=O)Nc2ccc(I)cc2)sc2ccc(F)cc12. The Morgan fingerprint density at radius 3 is 2.62 bits per heavy atom. The second kappa shape index (κ2) is 5.61. The molecule has 6 heteroatoms. The maximum absolute atomic E-state index is 13.3. The van der Waals surface area contributed by atoms with Gasteiger partial charge < -0.3 is 11.1 Å². The third-order valence-electron chi connectivity index (χ3n) is 3.00. The molecule has 0 radical (unpaired) electrons. The highest BCUT2D eigenvalue weighted by Gasteiger charge is 2.16. The van der Waals surface area contributed by atoms with E-state index in [4.69, 9.17) is 5.73 Å². The van der Waals surface area contributed by atoms with E-state index in [9.17, 15) is 9.18 Å². The van der Waals surface area contributed by atoms with Gasteiger partial charge in [0, 0.05) is 19.3 Å². The minimum absolute atomic E-state index is 0.282. The van der Waals surface area contributed by atoms with Crippen molar-refractivity contribution in [2.75, 3.05) is 11.1 Å². The number of thiophene rings is 1. The second-order valence-corrected chi connectivity index (χ2v) is 6.74. The van der Waals surface area contributed by atoms with E-state index in [-0.39, 0.29) is 11.7 Å². The highest BCUT2D eigenvalue weighted by atomic mass is 127. The van der Waals surface area contributed by atoms with Gasteiger partial charge in [0.05, 0.1) is 5.69 Å². The first-order valence-electron chi connectivity index (χ1n) is 6.09. The van der Waals surface area contributed by atoms with Crippen LogP contribution in [-0.2, 0) is 0 Å². The molecule has 1 heterocycles. The van der Waals surface area contributed by atoms with Crippen molar-refractivity contribution < 1.29 is 9.18 Å². The number of carbonyl (C=O) groups excluding carboxylic acids is 1. The van der Waals surface area contributed by atoms with Crippen LogP contribution in [0.25, 0.3) is 10.1 Å². The first kappa shape index (κ1) is 14.3. The van der Waals surface area contributed by atoms with E-state index in [0.29, 0.717) is 21.6 Å². The molecule has 2 aromatic carbocycles. The van der Waals surface area contributed by atoms with Crippen LogP contribution >= 0.6 is 33.9 Å². The number of carbonyl (C=O) groups is 1. The molecule has 0 aliphatic carbocycles. The van der Waals surface area contributed by atoms with Crippen molar-refractivity contribution >= 4 is 61.3 Å². The molecule has 106 valence electrons. The molecule has 21 heavy (non-hydrogen) atoms. The van der Waals surface area contributed by atoms with Crippen molar-refractivity contribution in [1.82, 2.24) is 0 Å². The number of hydrogen-bond acceptors (Lipinski definition) is 3. The number of rotatable bonds is 2. The molecular weight excluding hydrogens is 402 g/mol. The van der Waals surface area contributed by atoms with Gasteiger partial charge in [-0.05, 0) is 65.1 Å². The van der Waals surface area contributed by atoms with Gasteiger partial charge in [-0.25, -0.2) is 4.39 Å². The van der Waals surface area contributed by atoms with Gasteiger partial charge in [-0.1, -0.05) is 0 Å². The highest BCUT2D eigenvalue weighted by Crippen LogP contribution is 2.34. The van der Waals surface area contributed by atoms with Gasteiger partial charge in [0.2, 0.25) is 0 Å². The summed E-state index contributed by atoms with van der Waals surface area (Å²) in [5, 5.41) is 3.37. The average Bonchev–Trinajstić information content (AvgIpc) is 2.79. The van der Waals surface area contributed by atoms with Gasteiger partial charge in [-0.15, -0.1) is 11.3 Å². The monoisotopic (exact) mass is 412 g/mol. The number of amides is 1. The van der Waals surface area contributed by atoms with Crippen LogP contribution in [-0.4, -0.2) is 5.91 Å². The fourth-order valence-electron chi connectivity index (χ4n) is 1.98. The van der Waals surface area contributed by atoms with Crippen LogP contribution in [0.3, 0.4) is 0 Å². The maximum atomic E-state index is 13.3. The summed E-state index contributed by atoms with van der Waals surface area (Å²) in [6.45, 7) is 0. The van der Waals surface area contributed by atoms with Crippen LogP contribution in [0.5, 0.6) is 0 Å². The zero-order valence-corrected chi connectivity index (χ0v) is 13.7. The van der Waals surface area contributed by atoms with E-state index in [1.165, 1.54) is 23.5 Å². The molecular formula is C15H10FIN2OS. The van der Waals surface area contributed by atoms with Crippen LogP contribution in [0.1, 0.15) is 9.67 Å². The van der Waals surface area contributed by atoms with Crippen molar-refractivity contribution in [3.63, 3.8) is 0 Å². The number of nitrogens with one attached hydrogen (secondary N) is 1. The van der Waals surface area contributed by atoms with Gasteiger partial charge in [-0.3, -0.25) is 4.79 Å². The molecule has 3 rings (SSSR count). The summed E-state index contributed by atoms with van der Waals surface area (Å²) in [7, 11) is 0. The Hall–Kier alpha value is -1.67. The van der Waals surface area contributed by atoms with Crippen LogP contribution in [0.2, 0.25) is 0 Å². The van der Waals surface area contributed by atoms with Crippen molar-refractivity contribution in [2.45, 2.75) is 0 Å². The Labute approximate surface area is 138 Å². The average molecular weight is 412 g/mol. The maximum Gasteiger partial charge on any atom is 0.267 e. The Morgan fingerprint density at radius 2 is 1.90 bits per heavy atom. The van der Waals surface area contributed by atoms with Crippen molar-refractivity contribution in [3.8, 4) is 0 Å². The zero-order chi connectivity index (χ0) is 15.0. The lowest BCUT2D eigenvalue weighted by Gasteiger charge is -2.04. The minimum Gasteiger partial charge on any atom is -0.397 e. The molecule has 0 aliphatic rings. The third kappa shape index (κ3) is 2.86. The van der Waals surface area contributed by atoms with E-state index < -0.39 is 0 Å². The lowest BCUT2D eigenvalue weighted by atomic mass is 10.2. The summed E-state index contributed by atoms with van der Waals surface area (Å²) in [5.41, 5.74) is 6.98. The number of benzene rings is 2. The smallest absolute Gasteiger partial charge is 0.267 e. The lowest BCUT2D eigenvalue weighted by Crippen LogP contribution is -2.11. The van der Waals surface area contributed by atoms with E-state index in [1.807, 2.05) is 24.3 Å². The number of anilines is 2. The predicted molar refractivity (Wildman–Crippen MR) is 93.3 cm³/mol. The number of hydrogen-bond donors (Lipinski definition) is 2. The van der Waals surface area contributed by atoms with Crippen molar-refractivity contribution in [1.29, 1.82) is 0 Å². The Kier molecular flexibility index (Phi) is 3.81. The molecule has 3 nitrogen and oxygen atoms in total. The van der Waals surface area contributed by atoms with Crippen LogP contribution in [0.4, 0.5) is 15.8 Å². The molecule has 0 saturated heterocycles. The molecule has 3 aromatic rings. The third-order valence-corrected chi connectivity index (χ3v) is 4.90. The van der Waals surface area contributed by atoms with Gasteiger partial charge in [0.25, 0.3) is 5.91 Å². The first-order valence-corrected chi connectivity index (χ1v) is 7.98. The molecule has 0 atom stereocenters. The molecule has 0 unspecified atom stereocenters. The topological polar surface area (TPSA) is 55.1 Å². The van der Waals surface area contributed by atoms with E-state index >= 15 is 0 Å². The van der Waals surface area contributed by atoms with Gasteiger partial charge in [0.1, 0.15) is 10.7 Å². The van der Waals surface area contributed by atoms with Crippen molar-refractivity contribution in [2.24, 2.45) is 0 Å². The molecule has 0 fully saturated rings. The van der Waals surface area contributed by atoms with Gasteiger partial charge in [-0.2, -0.15) is 0 Å². The van der Waals surface area contributed by atoms with Crippen LogP contribution in [0, 0.1) is 9.39 Å². The summed E-state index contributed by atoms with van der Waals surface area (Å²) in [6.07, 6.45) is 0. The number of halogens is 2. The minimum atomic E-state index is -0.364. The van der Waals surface area contributed by atoms with Crippen LogP contribution < -0.4 is 11.1 Å². The molecule has 1 aromatic heterocycles. The van der Waals surface area contributed by atoms with E-state index in [1.54, 1.807) is 6.07 Å². The summed E-state index contributed by atoms with van der Waals surface area (Å²) in [6, 6.07) is 11.8. The summed E-state index contributed by atoms with van der Waals surface area (Å²) in [4.78, 5) is 12.7. The zero-order valence-electron chi connectivity index (χ0n) is 10.7. The standard InChI is InChI=1S/C15H10FIN2OS/c16-8-1-6-12-11(7-8)13(18)14(21-12)15(20)19-10-4-2-9(17)3-5-10/h1-7H,18H2,(H,19,20). The van der Waals surface area contributed by atoms with E-state index in [2.05, 4.69) is 27.9 Å². The van der Waals surface area contributed by atoms with Gasteiger partial charge >= 0.3 is 0 Å². The molecule has 0 spiro atoms. The molecule has 3 N–H and O–H groups in total. The van der Waals surface area contributed by atoms with Crippen LogP contribution in [0.15, 0.2) is 42.5 Å².